The van der Waals surface area contributed by atoms with E-state index in [1.165, 1.54) is 13.2 Å². The number of aliphatic hydroxyl groups excluding tert-OH is 6. The summed E-state index contributed by atoms with van der Waals surface area (Å²) in [7, 11) is 1.18. The van der Waals surface area contributed by atoms with E-state index in [0.29, 0.717) is 5.57 Å². The quantitative estimate of drug-likeness (QED) is 0.200. The highest BCUT2D eigenvalue weighted by Gasteiger charge is 2.52. The van der Waals surface area contributed by atoms with Crippen LogP contribution in [0.15, 0.2) is 23.5 Å². The van der Waals surface area contributed by atoms with Crippen molar-refractivity contribution in [3.05, 3.63) is 23.5 Å². The van der Waals surface area contributed by atoms with Crippen molar-refractivity contribution in [2.75, 3.05) is 20.3 Å². The average Bonchev–Trinajstić information content (AvgIpc) is 3.05. The lowest BCUT2D eigenvalue weighted by Gasteiger charge is -2.43. The number of ether oxygens (including phenoxy) is 4. The second-order valence-corrected chi connectivity index (χ2v) is 6.84. The molecule has 0 radical (unpaired) electrons. The zero-order chi connectivity index (χ0) is 20.6. The summed E-state index contributed by atoms with van der Waals surface area (Å²) >= 11 is 0. The molecule has 6 N–H and O–H groups in total. The summed E-state index contributed by atoms with van der Waals surface area (Å²) < 4.78 is 21.1. The number of methoxy groups -OCH3 is 1. The Bertz CT molecular complexity index is 645. The van der Waals surface area contributed by atoms with Gasteiger partial charge in [-0.15, -0.1) is 0 Å². The third kappa shape index (κ3) is 3.55. The first-order valence-corrected chi connectivity index (χ1v) is 8.73. The highest BCUT2D eigenvalue weighted by molar-refractivity contribution is 5.89. The van der Waals surface area contributed by atoms with Crippen molar-refractivity contribution in [1.82, 2.24) is 0 Å². The molecule has 0 bridgehead atoms. The standard InChI is InChI=1S/C17H24O11/c1-25-15(24)7-5-26-16(10-6(3-18)2-8(20)11(7)10)28-17-14(23)13(22)12(21)9(4-19)27-17/h2,5,8-14,16-23H,3-4H2,1H3/t8-,9+,10+,11-,12+,13-,14+,16-,17-/m1/s1. The van der Waals surface area contributed by atoms with Gasteiger partial charge in [0.15, 0.2) is 6.29 Å². The predicted molar refractivity (Wildman–Crippen MR) is 88.0 cm³/mol. The van der Waals surface area contributed by atoms with Crippen LogP contribution in [0.4, 0.5) is 0 Å². The summed E-state index contributed by atoms with van der Waals surface area (Å²) in [4.78, 5) is 12.0. The van der Waals surface area contributed by atoms with Crippen LogP contribution >= 0.6 is 0 Å². The maximum atomic E-state index is 12.0. The third-order valence-corrected chi connectivity index (χ3v) is 5.27. The molecule has 0 aromatic heterocycles. The number of fused-ring (bicyclic) bond motifs is 1. The van der Waals surface area contributed by atoms with Crippen LogP contribution in [0.3, 0.4) is 0 Å². The molecular weight excluding hydrogens is 380 g/mol. The van der Waals surface area contributed by atoms with Gasteiger partial charge in [0.05, 0.1) is 44.2 Å². The number of rotatable bonds is 5. The van der Waals surface area contributed by atoms with Crippen LogP contribution in [0.2, 0.25) is 0 Å². The molecular formula is C17H24O11. The lowest BCUT2D eigenvalue weighted by atomic mass is 9.82. The first kappa shape index (κ1) is 21.1. The van der Waals surface area contributed by atoms with Gasteiger partial charge in [-0.1, -0.05) is 6.08 Å². The normalized spacial score (nSPS) is 42.9. The lowest BCUT2D eigenvalue weighted by Crippen LogP contribution is -2.60. The molecule has 0 aromatic carbocycles. The van der Waals surface area contributed by atoms with Crippen LogP contribution in [-0.4, -0.2) is 100 Å². The minimum Gasteiger partial charge on any atom is -0.471 e. The lowest BCUT2D eigenvalue weighted by molar-refractivity contribution is -0.340. The van der Waals surface area contributed by atoms with Crippen molar-refractivity contribution in [3.8, 4) is 0 Å². The Morgan fingerprint density at radius 3 is 2.39 bits per heavy atom. The van der Waals surface area contributed by atoms with Crippen LogP contribution in [0, 0.1) is 11.8 Å². The van der Waals surface area contributed by atoms with Gasteiger partial charge in [-0.3, -0.25) is 0 Å². The summed E-state index contributed by atoms with van der Waals surface area (Å²) in [6.07, 6.45) is -7.36. The highest BCUT2D eigenvalue weighted by atomic mass is 16.8. The molecule has 1 saturated heterocycles. The molecule has 158 valence electrons. The third-order valence-electron chi connectivity index (χ3n) is 5.27. The van der Waals surface area contributed by atoms with E-state index in [1.54, 1.807) is 0 Å². The van der Waals surface area contributed by atoms with Gasteiger partial charge in [0.25, 0.3) is 0 Å². The van der Waals surface area contributed by atoms with Crippen molar-refractivity contribution < 1.29 is 54.4 Å². The Balaban J connectivity index is 1.84. The van der Waals surface area contributed by atoms with Gasteiger partial charge >= 0.3 is 5.97 Å². The van der Waals surface area contributed by atoms with Crippen LogP contribution in [0.25, 0.3) is 0 Å². The Kier molecular flexibility index (Phi) is 6.37. The fourth-order valence-electron chi connectivity index (χ4n) is 3.79. The maximum absolute atomic E-state index is 12.0. The summed E-state index contributed by atoms with van der Waals surface area (Å²) in [5.74, 6) is -2.34. The van der Waals surface area contributed by atoms with Gasteiger partial charge in [-0.2, -0.15) is 0 Å². The fourth-order valence-corrected chi connectivity index (χ4v) is 3.79. The molecule has 0 amide bonds. The number of hydrogen-bond donors (Lipinski definition) is 6. The van der Waals surface area contributed by atoms with E-state index >= 15 is 0 Å². The predicted octanol–water partition coefficient (Wildman–Crippen LogP) is -3.26. The van der Waals surface area contributed by atoms with Crippen LogP contribution in [0.5, 0.6) is 0 Å². The van der Waals surface area contributed by atoms with Crippen molar-refractivity contribution in [3.63, 3.8) is 0 Å². The molecule has 3 aliphatic rings. The SMILES string of the molecule is COC(=O)C1=CO[C@H](O[C@H]2O[C@@H](CO)[C@H](O)[C@@H](O)[C@@H]2O)[C@H]2C(CO)=C[C@@H](O)[C@@H]12. The van der Waals surface area contributed by atoms with E-state index in [4.69, 9.17) is 18.9 Å². The Labute approximate surface area is 160 Å². The van der Waals surface area contributed by atoms with E-state index in [2.05, 4.69) is 0 Å². The molecule has 2 heterocycles. The number of hydrogen-bond acceptors (Lipinski definition) is 11. The molecule has 3 rings (SSSR count). The second kappa shape index (κ2) is 8.43. The highest BCUT2D eigenvalue weighted by Crippen LogP contribution is 2.44. The Hall–Kier alpha value is -1.57. The monoisotopic (exact) mass is 404 g/mol. The van der Waals surface area contributed by atoms with Gasteiger partial charge in [0.1, 0.15) is 24.4 Å². The summed E-state index contributed by atoms with van der Waals surface area (Å²) in [5.41, 5.74) is 0.398. The first-order chi connectivity index (χ1) is 13.3. The van der Waals surface area contributed by atoms with E-state index < -0.39 is 74.1 Å². The molecule has 0 aromatic rings. The van der Waals surface area contributed by atoms with Gasteiger partial charge in [-0.25, -0.2) is 4.79 Å². The van der Waals surface area contributed by atoms with Gasteiger partial charge in [0, 0.05) is 5.92 Å². The van der Waals surface area contributed by atoms with Crippen molar-refractivity contribution in [1.29, 1.82) is 0 Å². The van der Waals surface area contributed by atoms with Crippen LogP contribution in [-0.2, 0) is 23.7 Å². The van der Waals surface area contributed by atoms with Crippen molar-refractivity contribution in [2.24, 2.45) is 11.8 Å². The molecule has 2 aliphatic heterocycles. The number of carbonyl (C=O) groups is 1. The van der Waals surface area contributed by atoms with Gasteiger partial charge in [-0.05, 0) is 5.57 Å². The number of carbonyl (C=O) groups excluding carboxylic acids is 1. The topological polar surface area (TPSA) is 175 Å². The first-order valence-electron chi connectivity index (χ1n) is 8.73. The molecule has 0 spiro atoms. The second-order valence-electron chi connectivity index (χ2n) is 6.84. The van der Waals surface area contributed by atoms with E-state index in [-0.39, 0.29) is 5.57 Å². The zero-order valence-electron chi connectivity index (χ0n) is 15.0. The van der Waals surface area contributed by atoms with E-state index in [9.17, 15) is 35.4 Å². The summed E-state index contributed by atoms with van der Waals surface area (Å²) in [6.45, 7) is -1.07. The number of esters is 1. The van der Waals surface area contributed by atoms with E-state index in [1.807, 2.05) is 0 Å². The molecule has 28 heavy (non-hydrogen) atoms. The van der Waals surface area contributed by atoms with Crippen molar-refractivity contribution >= 4 is 5.97 Å². The average molecular weight is 404 g/mol. The van der Waals surface area contributed by atoms with Crippen molar-refractivity contribution in [2.45, 2.75) is 43.1 Å². The smallest absolute Gasteiger partial charge is 0.337 e. The van der Waals surface area contributed by atoms with Crippen LogP contribution in [0.1, 0.15) is 0 Å². The summed E-state index contributed by atoms with van der Waals surface area (Å²) in [5, 5.41) is 59.1. The minimum absolute atomic E-state index is 0.0494. The number of aliphatic hydroxyl groups is 6. The molecule has 11 nitrogen and oxygen atoms in total. The van der Waals surface area contributed by atoms with Gasteiger partial charge < -0.3 is 49.6 Å². The minimum atomic E-state index is -1.65. The molecule has 0 unspecified atom stereocenters. The van der Waals surface area contributed by atoms with E-state index in [0.717, 1.165) is 6.26 Å². The molecule has 9 atom stereocenters. The summed E-state index contributed by atoms with van der Waals surface area (Å²) in [6, 6.07) is 0. The van der Waals surface area contributed by atoms with Gasteiger partial charge in [0.2, 0.25) is 6.29 Å². The Morgan fingerprint density at radius 2 is 1.79 bits per heavy atom. The molecule has 11 heteroatoms. The molecule has 1 fully saturated rings. The fraction of sp³-hybridized carbons (Fsp3) is 0.706. The molecule has 1 aliphatic carbocycles. The Morgan fingerprint density at radius 1 is 1.07 bits per heavy atom. The maximum Gasteiger partial charge on any atom is 0.337 e. The largest absolute Gasteiger partial charge is 0.471 e. The van der Waals surface area contributed by atoms with Crippen LogP contribution < -0.4 is 0 Å². The zero-order valence-corrected chi connectivity index (χ0v) is 15.0. The molecule has 0 saturated carbocycles.